The van der Waals surface area contributed by atoms with E-state index in [-0.39, 0.29) is 11.7 Å². The van der Waals surface area contributed by atoms with Crippen molar-refractivity contribution in [2.24, 2.45) is 0 Å². The van der Waals surface area contributed by atoms with E-state index in [1.807, 2.05) is 12.1 Å². The fraction of sp³-hybridized carbons (Fsp3) is 0.143. The lowest BCUT2D eigenvalue weighted by atomic mass is 10.1. The van der Waals surface area contributed by atoms with Crippen molar-refractivity contribution < 1.29 is 9.90 Å². The highest BCUT2D eigenvalue weighted by Gasteiger charge is 2.15. The van der Waals surface area contributed by atoms with Gasteiger partial charge in [0.2, 0.25) is 0 Å². The normalized spacial score (nSPS) is 10.1. The summed E-state index contributed by atoms with van der Waals surface area (Å²) in [4.78, 5) is 17.6. The number of para-hydroxylation sites is 1. The predicted octanol–water partition coefficient (Wildman–Crippen LogP) is 2.06. The Hall–Kier alpha value is -2.36. The molecule has 18 heavy (non-hydrogen) atoms. The van der Waals surface area contributed by atoms with Crippen molar-refractivity contribution in [2.45, 2.75) is 6.54 Å². The Bertz CT molecular complexity index is 541. The van der Waals surface area contributed by atoms with Gasteiger partial charge in [0.05, 0.1) is 5.56 Å². The second kappa shape index (κ2) is 5.31. The molecule has 0 aliphatic carbocycles. The van der Waals surface area contributed by atoms with E-state index in [0.717, 1.165) is 5.56 Å². The van der Waals surface area contributed by atoms with Crippen molar-refractivity contribution in [3.05, 3.63) is 59.9 Å². The molecular weight excluding hydrogens is 228 g/mol. The number of benzene rings is 1. The van der Waals surface area contributed by atoms with Gasteiger partial charge in [-0.1, -0.05) is 12.1 Å². The van der Waals surface area contributed by atoms with Crippen molar-refractivity contribution >= 4 is 5.91 Å². The standard InChI is InChI=1S/C14H14N2O2/c1-16(10-11-6-8-15-9-7-11)14(18)12-4-2-3-5-13(12)17/h2-9,17H,10H2,1H3. The number of aromatic hydroxyl groups is 1. The van der Waals surface area contributed by atoms with E-state index in [1.54, 1.807) is 42.5 Å². The minimum atomic E-state index is -0.204. The summed E-state index contributed by atoms with van der Waals surface area (Å²) in [6.45, 7) is 0.482. The first-order valence-electron chi connectivity index (χ1n) is 5.61. The molecule has 0 aliphatic heterocycles. The number of rotatable bonds is 3. The largest absolute Gasteiger partial charge is 0.507 e. The zero-order valence-corrected chi connectivity index (χ0v) is 10.1. The maximum atomic E-state index is 12.1. The van der Waals surface area contributed by atoms with Crippen molar-refractivity contribution in [1.82, 2.24) is 9.88 Å². The molecule has 0 aliphatic rings. The van der Waals surface area contributed by atoms with Gasteiger partial charge >= 0.3 is 0 Å². The first-order chi connectivity index (χ1) is 8.68. The highest BCUT2D eigenvalue weighted by molar-refractivity contribution is 5.96. The third-order valence-electron chi connectivity index (χ3n) is 2.65. The molecule has 4 heteroatoms. The second-order valence-electron chi connectivity index (χ2n) is 4.03. The lowest BCUT2D eigenvalue weighted by Crippen LogP contribution is -2.26. The molecule has 1 aromatic carbocycles. The van der Waals surface area contributed by atoms with Crippen LogP contribution in [0.5, 0.6) is 5.75 Å². The van der Waals surface area contributed by atoms with E-state index in [2.05, 4.69) is 4.98 Å². The molecule has 2 rings (SSSR count). The van der Waals surface area contributed by atoms with Gasteiger partial charge < -0.3 is 10.0 Å². The third kappa shape index (κ3) is 2.66. The number of phenols is 1. The van der Waals surface area contributed by atoms with E-state index in [4.69, 9.17) is 0 Å². The number of pyridine rings is 1. The lowest BCUT2D eigenvalue weighted by molar-refractivity contribution is 0.0782. The monoisotopic (exact) mass is 242 g/mol. The van der Waals surface area contributed by atoms with E-state index in [9.17, 15) is 9.90 Å². The van der Waals surface area contributed by atoms with Gasteiger partial charge in [0.25, 0.3) is 5.91 Å². The Kier molecular flexibility index (Phi) is 3.57. The SMILES string of the molecule is CN(Cc1ccncc1)C(=O)c1ccccc1O. The van der Waals surface area contributed by atoms with Crippen LogP contribution >= 0.6 is 0 Å². The van der Waals surface area contributed by atoms with Crippen LogP contribution in [-0.2, 0) is 6.54 Å². The molecule has 0 saturated heterocycles. The summed E-state index contributed by atoms with van der Waals surface area (Å²) in [5.41, 5.74) is 1.31. The second-order valence-corrected chi connectivity index (χ2v) is 4.03. The molecular formula is C14H14N2O2. The Morgan fingerprint density at radius 3 is 2.56 bits per heavy atom. The predicted molar refractivity (Wildman–Crippen MR) is 68.1 cm³/mol. The number of phenolic OH excluding ortho intramolecular Hbond substituents is 1. The summed E-state index contributed by atoms with van der Waals surface area (Å²) in [5, 5.41) is 9.64. The van der Waals surface area contributed by atoms with Crippen molar-refractivity contribution in [1.29, 1.82) is 0 Å². The number of carbonyl (C=O) groups is 1. The minimum absolute atomic E-state index is 0.00378. The molecule has 1 N–H and O–H groups in total. The molecule has 0 unspecified atom stereocenters. The average Bonchev–Trinajstić information content (AvgIpc) is 2.39. The van der Waals surface area contributed by atoms with Crippen molar-refractivity contribution in [3.8, 4) is 5.75 Å². The summed E-state index contributed by atoms with van der Waals surface area (Å²) in [7, 11) is 1.70. The third-order valence-corrected chi connectivity index (χ3v) is 2.65. The topological polar surface area (TPSA) is 53.4 Å². The first kappa shape index (κ1) is 12.1. The molecule has 0 radical (unpaired) electrons. The summed E-state index contributed by atoms with van der Waals surface area (Å²) < 4.78 is 0. The maximum Gasteiger partial charge on any atom is 0.257 e. The van der Waals surface area contributed by atoms with E-state index < -0.39 is 0 Å². The van der Waals surface area contributed by atoms with Crippen LogP contribution in [0.25, 0.3) is 0 Å². The zero-order valence-electron chi connectivity index (χ0n) is 10.1. The molecule has 92 valence electrons. The number of carbonyl (C=O) groups excluding carboxylic acids is 1. The van der Waals surface area contributed by atoms with Gasteiger partial charge in [0.1, 0.15) is 5.75 Å². The lowest BCUT2D eigenvalue weighted by Gasteiger charge is -2.17. The van der Waals surface area contributed by atoms with Gasteiger partial charge in [0, 0.05) is 26.0 Å². The van der Waals surface area contributed by atoms with Gasteiger partial charge in [-0.25, -0.2) is 0 Å². The van der Waals surface area contributed by atoms with Crippen LogP contribution in [0.2, 0.25) is 0 Å². The van der Waals surface area contributed by atoms with Crippen LogP contribution < -0.4 is 0 Å². The van der Waals surface area contributed by atoms with Crippen LogP contribution in [0.4, 0.5) is 0 Å². The number of nitrogens with zero attached hydrogens (tertiary/aromatic N) is 2. The van der Waals surface area contributed by atoms with Crippen molar-refractivity contribution in [3.63, 3.8) is 0 Å². The molecule has 0 spiro atoms. The highest BCUT2D eigenvalue weighted by atomic mass is 16.3. The summed E-state index contributed by atoms with van der Waals surface area (Å²) in [5.74, 6) is -0.200. The fourth-order valence-corrected chi connectivity index (χ4v) is 1.69. The summed E-state index contributed by atoms with van der Waals surface area (Å²) >= 11 is 0. The highest BCUT2D eigenvalue weighted by Crippen LogP contribution is 2.18. The number of hydrogen-bond donors (Lipinski definition) is 1. The van der Waals surface area contributed by atoms with Crippen LogP contribution in [0.3, 0.4) is 0 Å². The van der Waals surface area contributed by atoms with Gasteiger partial charge in [-0.05, 0) is 29.8 Å². The van der Waals surface area contributed by atoms with E-state index >= 15 is 0 Å². The molecule has 0 saturated carbocycles. The number of amides is 1. The Morgan fingerprint density at radius 1 is 1.22 bits per heavy atom. The molecule has 4 nitrogen and oxygen atoms in total. The quantitative estimate of drug-likeness (QED) is 0.896. The summed E-state index contributed by atoms with van der Waals surface area (Å²) in [6, 6.07) is 10.2. The van der Waals surface area contributed by atoms with Gasteiger partial charge in [-0.2, -0.15) is 0 Å². The van der Waals surface area contributed by atoms with Crippen LogP contribution in [-0.4, -0.2) is 27.9 Å². The fourth-order valence-electron chi connectivity index (χ4n) is 1.69. The Morgan fingerprint density at radius 2 is 1.89 bits per heavy atom. The van der Waals surface area contributed by atoms with Crippen LogP contribution in [0.1, 0.15) is 15.9 Å². The number of hydrogen-bond acceptors (Lipinski definition) is 3. The smallest absolute Gasteiger partial charge is 0.257 e. The molecule has 2 aromatic rings. The van der Waals surface area contributed by atoms with E-state index in [0.29, 0.717) is 12.1 Å². The van der Waals surface area contributed by atoms with Crippen LogP contribution in [0.15, 0.2) is 48.8 Å². The van der Waals surface area contributed by atoms with E-state index in [1.165, 1.54) is 6.07 Å². The minimum Gasteiger partial charge on any atom is -0.507 e. The van der Waals surface area contributed by atoms with Crippen LogP contribution in [0, 0.1) is 0 Å². The first-order valence-corrected chi connectivity index (χ1v) is 5.61. The maximum absolute atomic E-state index is 12.1. The molecule has 0 bridgehead atoms. The molecule has 0 fully saturated rings. The van der Waals surface area contributed by atoms with Crippen molar-refractivity contribution in [2.75, 3.05) is 7.05 Å². The Labute approximate surface area is 106 Å². The van der Waals surface area contributed by atoms with Gasteiger partial charge in [-0.3, -0.25) is 9.78 Å². The molecule has 0 atom stereocenters. The number of aromatic nitrogens is 1. The molecule has 1 aromatic heterocycles. The zero-order chi connectivity index (χ0) is 13.0. The van der Waals surface area contributed by atoms with Gasteiger partial charge in [-0.15, -0.1) is 0 Å². The molecule has 1 heterocycles. The molecule has 1 amide bonds. The average molecular weight is 242 g/mol. The Balaban J connectivity index is 2.13. The van der Waals surface area contributed by atoms with Gasteiger partial charge in [0.15, 0.2) is 0 Å². The summed E-state index contributed by atoms with van der Waals surface area (Å²) in [6.07, 6.45) is 3.38.